The van der Waals surface area contributed by atoms with Gasteiger partial charge in [0.1, 0.15) is 0 Å². The van der Waals surface area contributed by atoms with Crippen LogP contribution in [0.15, 0.2) is 18.2 Å². The van der Waals surface area contributed by atoms with Gasteiger partial charge in [-0.3, -0.25) is 0 Å². The molecule has 0 heterocycles. The normalized spacial score (nSPS) is 9.39. The van der Waals surface area contributed by atoms with E-state index in [1.807, 2.05) is 0 Å². The molecule has 0 aliphatic carbocycles. The second kappa shape index (κ2) is 5.94. The molecule has 0 spiro atoms. The average Bonchev–Trinajstić information content (AvgIpc) is 2.28. The Morgan fingerprint density at radius 1 is 1.50 bits per heavy atom. The third-order valence-corrected chi connectivity index (χ3v) is 2.29. The Morgan fingerprint density at radius 3 is 2.72 bits per heavy atom. The highest BCUT2D eigenvalue weighted by Gasteiger charge is 2.10. The summed E-state index contributed by atoms with van der Waals surface area (Å²) in [5.74, 6) is 1.20. The number of carboxylic acid groups (broad SMARTS) is 1. The van der Waals surface area contributed by atoms with Crippen LogP contribution in [0.3, 0.4) is 0 Å². The van der Waals surface area contributed by atoms with E-state index in [-0.39, 0.29) is 17.1 Å². The van der Waals surface area contributed by atoms with E-state index < -0.39 is 12.0 Å². The van der Waals surface area contributed by atoms with Gasteiger partial charge in [-0.1, -0.05) is 17.5 Å². The largest absolute Gasteiger partial charge is 0.478 e. The van der Waals surface area contributed by atoms with Gasteiger partial charge in [-0.2, -0.15) is 0 Å². The van der Waals surface area contributed by atoms with Crippen molar-refractivity contribution in [2.24, 2.45) is 0 Å². The molecule has 2 N–H and O–H groups in total. The topological polar surface area (TPSA) is 69.6 Å². The SMILES string of the molecule is C#CCN(C)C(=O)Nc1cc(Cl)cc(C(=O)O)c1. The van der Waals surface area contributed by atoms with Crippen molar-refractivity contribution in [2.75, 3.05) is 18.9 Å². The predicted octanol–water partition coefficient (Wildman–Crippen LogP) is 2.14. The summed E-state index contributed by atoms with van der Waals surface area (Å²) in [5, 5.41) is 11.6. The zero-order chi connectivity index (χ0) is 13.7. The summed E-state index contributed by atoms with van der Waals surface area (Å²) in [4.78, 5) is 23.7. The Bertz CT molecular complexity index is 523. The van der Waals surface area contributed by atoms with Crippen LogP contribution in [0, 0.1) is 12.3 Å². The van der Waals surface area contributed by atoms with Crippen molar-refractivity contribution < 1.29 is 14.7 Å². The molecule has 0 saturated heterocycles. The van der Waals surface area contributed by atoms with Gasteiger partial charge in [-0.05, 0) is 18.2 Å². The van der Waals surface area contributed by atoms with Crippen molar-refractivity contribution >= 4 is 29.3 Å². The number of terminal acetylenes is 1. The smallest absolute Gasteiger partial charge is 0.335 e. The Morgan fingerprint density at radius 2 is 2.17 bits per heavy atom. The van der Waals surface area contributed by atoms with Crippen LogP contribution >= 0.6 is 11.6 Å². The van der Waals surface area contributed by atoms with Gasteiger partial charge in [0.15, 0.2) is 0 Å². The van der Waals surface area contributed by atoms with E-state index in [9.17, 15) is 9.59 Å². The fraction of sp³-hybridized carbons (Fsp3) is 0.167. The molecule has 1 aromatic rings. The van der Waals surface area contributed by atoms with Crippen molar-refractivity contribution in [3.63, 3.8) is 0 Å². The van der Waals surface area contributed by atoms with Crippen molar-refractivity contribution in [1.29, 1.82) is 0 Å². The fourth-order valence-electron chi connectivity index (χ4n) is 1.21. The lowest BCUT2D eigenvalue weighted by atomic mass is 10.2. The zero-order valence-corrected chi connectivity index (χ0v) is 10.4. The van der Waals surface area contributed by atoms with Crippen molar-refractivity contribution in [3.05, 3.63) is 28.8 Å². The van der Waals surface area contributed by atoms with E-state index in [1.54, 1.807) is 0 Å². The number of carbonyl (C=O) groups is 2. The molecule has 0 fully saturated rings. The summed E-state index contributed by atoms with van der Waals surface area (Å²) < 4.78 is 0. The van der Waals surface area contributed by atoms with Crippen molar-refractivity contribution in [3.8, 4) is 12.3 Å². The number of hydrogen-bond acceptors (Lipinski definition) is 2. The summed E-state index contributed by atoms with van der Waals surface area (Å²) >= 11 is 5.76. The van der Waals surface area contributed by atoms with Gasteiger partial charge >= 0.3 is 12.0 Å². The maximum Gasteiger partial charge on any atom is 0.335 e. The molecular formula is C12H11ClN2O3. The van der Waals surface area contributed by atoms with Crippen molar-refractivity contribution in [2.45, 2.75) is 0 Å². The van der Waals surface area contributed by atoms with Gasteiger partial charge in [0, 0.05) is 17.8 Å². The Hall–Kier alpha value is -2.19. The molecule has 94 valence electrons. The minimum absolute atomic E-state index is 0.00240. The minimum atomic E-state index is -1.12. The number of amides is 2. The molecule has 0 saturated carbocycles. The van der Waals surface area contributed by atoms with E-state index in [0.717, 1.165) is 0 Å². The van der Waals surface area contributed by atoms with Gasteiger partial charge in [0.25, 0.3) is 0 Å². The Labute approximate surface area is 109 Å². The van der Waals surface area contributed by atoms with Crippen LogP contribution in [0.4, 0.5) is 10.5 Å². The second-order valence-corrected chi connectivity index (χ2v) is 3.96. The molecular weight excluding hydrogens is 256 g/mol. The second-order valence-electron chi connectivity index (χ2n) is 3.52. The standard InChI is InChI=1S/C12H11ClN2O3/c1-3-4-15(2)12(18)14-10-6-8(11(16)17)5-9(13)7-10/h1,5-7H,4H2,2H3,(H,14,18)(H,16,17). The van der Waals surface area contributed by atoms with Crippen LogP contribution in [-0.4, -0.2) is 35.6 Å². The number of aromatic carboxylic acids is 1. The van der Waals surface area contributed by atoms with Crippen LogP contribution in [-0.2, 0) is 0 Å². The number of nitrogens with zero attached hydrogens (tertiary/aromatic N) is 1. The highest BCUT2D eigenvalue weighted by atomic mass is 35.5. The lowest BCUT2D eigenvalue weighted by molar-refractivity contribution is 0.0697. The first-order chi connectivity index (χ1) is 8.43. The number of halogens is 1. The van der Waals surface area contributed by atoms with E-state index in [0.29, 0.717) is 5.69 Å². The summed E-state index contributed by atoms with van der Waals surface area (Å²) in [7, 11) is 1.53. The monoisotopic (exact) mass is 266 g/mol. The van der Waals surface area contributed by atoms with Crippen LogP contribution in [0.25, 0.3) is 0 Å². The van der Waals surface area contributed by atoms with Gasteiger partial charge in [-0.25, -0.2) is 9.59 Å². The van der Waals surface area contributed by atoms with Crippen molar-refractivity contribution in [1.82, 2.24) is 4.90 Å². The number of benzene rings is 1. The highest BCUT2D eigenvalue weighted by Crippen LogP contribution is 2.19. The molecule has 1 aromatic carbocycles. The molecule has 18 heavy (non-hydrogen) atoms. The number of nitrogens with one attached hydrogen (secondary N) is 1. The van der Waals surface area contributed by atoms with Crippen LogP contribution in [0.1, 0.15) is 10.4 Å². The number of urea groups is 1. The first-order valence-electron chi connectivity index (χ1n) is 4.93. The van der Waals surface area contributed by atoms with Crippen LogP contribution in [0.5, 0.6) is 0 Å². The summed E-state index contributed by atoms with van der Waals surface area (Å²) in [6.45, 7) is 0.151. The number of rotatable bonds is 3. The number of hydrogen-bond donors (Lipinski definition) is 2. The number of anilines is 1. The highest BCUT2D eigenvalue weighted by molar-refractivity contribution is 6.31. The van der Waals surface area contributed by atoms with Gasteiger partial charge in [-0.15, -0.1) is 6.42 Å². The molecule has 0 radical (unpaired) electrons. The zero-order valence-electron chi connectivity index (χ0n) is 9.61. The Kier molecular flexibility index (Phi) is 4.58. The molecule has 6 heteroatoms. The summed E-state index contributed by atoms with van der Waals surface area (Å²) in [6, 6.07) is 3.63. The first-order valence-corrected chi connectivity index (χ1v) is 5.31. The molecule has 0 aromatic heterocycles. The number of carboxylic acids is 1. The van der Waals surface area contributed by atoms with Gasteiger partial charge in [0.2, 0.25) is 0 Å². The average molecular weight is 267 g/mol. The third-order valence-electron chi connectivity index (χ3n) is 2.07. The van der Waals surface area contributed by atoms with Gasteiger partial charge < -0.3 is 15.3 Å². The van der Waals surface area contributed by atoms with E-state index in [4.69, 9.17) is 23.1 Å². The molecule has 0 aliphatic rings. The van der Waals surface area contributed by atoms with E-state index in [1.165, 1.54) is 30.1 Å². The van der Waals surface area contributed by atoms with Crippen LogP contribution in [0.2, 0.25) is 5.02 Å². The molecule has 2 amide bonds. The lowest BCUT2D eigenvalue weighted by Gasteiger charge is -2.15. The third kappa shape index (κ3) is 3.68. The lowest BCUT2D eigenvalue weighted by Crippen LogP contribution is -2.31. The predicted molar refractivity (Wildman–Crippen MR) is 68.9 cm³/mol. The van der Waals surface area contributed by atoms with E-state index >= 15 is 0 Å². The quantitative estimate of drug-likeness (QED) is 0.824. The minimum Gasteiger partial charge on any atom is -0.478 e. The Balaban J connectivity index is 2.88. The van der Waals surface area contributed by atoms with Gasteiger partial charge in [0.05, 0.1) is 12.1 Å². The molecule has 0 aliphatic heterocycles. The van der Waals surface area contributed by atoms with E-state index in [2.05, 4.69) is 11.2 Å². The molecule has 5 nitrogen and oxygen atoms in total. The first kappa shape index (κ1) is 13.9. The summed E-state index contributed by atoms with van der Waals surface area (Å²) in [6.07, 6.45) is 5.08. The summed E-state index contributed by atoms with van der Waals surface area (Å²) in [5.41, 5.74) is 0.297. The molecule has 1 rings (SSSR count). The molecule has 0 unspecified atom stereocenters. The molecule has 0 atom stereocenters. The maximum absolute atomic E-state index is 11.6. The van der Waals surface area contributed by atoms with Crippen LogP contribution < -0.4 is 5.32 Å². The molecule has 0 bridgehead atoms. The fourth-order valence-corrected chi connectivity index (χ4v) is 1.45. The number of carbonyl (C=O) groups excluding carboxylic acids is 1. The maximum atomic E-state index is 11.6.